The average molecular weight is 280 g/mol. The minimum Gasteiger partial charge on any atom is -0.469 e. The first-order chi connectivity index (χ1) is 9.56. The van der Waals surface area contributed by atoms with Crippen molar-refractivity contribution >= 4 is 17.9 Å². The number of fused-ring (bicyclic) bond motifs is 1. The molecule has 6 nitrogen and oxygen atoms in total. The molecule has 0 N–H and O–H groups in total. The van der Waals surface area contributed by atoms with Crippen molar-refractivity contribution in [2.75, 3.05) is 7.11 Å². The van der Waals surface area contributed by atoms with Crippen LogP contribution in [0.4, 0.5) is 0 Å². The molecule has 6 heteroatoms. The minimum absolute atomic E-state index is 0.0580. The maximum Gasteiger partial charge on any atom is 0.330 e. The minimum atomic E-state index is -0.574. The highest BCUT2D eigenvalue weighted by Gasteiger charge is 2.65. The summed E-state index contributed by atoms with van der Waals surface area (Å²) in [5.41, 5.74) is 0. The van der Waals surface area contributed by atoms with Crippen molar-refractivity contribution in [3.63, 3.8) is 0 Å². The quantitative estimate of drug-likeness (QED) is 0.424. The van der Waals surface area contributed by atoms with Gasteiger partial charge in [-0.05, 0) is 12.3 Å². The molecule has 0 aromatic heterocycles. The van der Waals surface area contributed by atoms with E-state index in [1.165, 1.54) is 7.11 Å². The number of rotatable bonds is 3. The van der Waals surface area contributed by atoms with Gasteiger partial charge in [0.2, 0.25) is 0 Å². The van der Waals surface area contributed by atoms with Crippen LogP contribution in [0.15, 0.2) is 12.7 Å². The molecule has 2 saturated carbocycles. The van der Waals surface area contributed by atoms with Crippen molar-refractivity contribution in [3.05, 3.63) is 12.7 Å². The smallest absolute Gasteiger partial charge is 0.330 e. The number of ether oxygens (including phenoxy) is 3. The van der Waals surface area contributed by atoms with Crippen LogP contribution in [0.25, 0.3) is 0 Å². The molecule has 1 aliphatic heterocycles. The maximum atomic E-state index is 12.0. The Kier molecular flexibility index (Phi) is 3.03. The molecule has 0 aromatic rings. The summed E-state index contributed by atoms with van der Waals surface area (Å²) < 4.78 is 15.5. The van der Waals surface area contributed by atoms with Gasteiger partial charge in [-0.1, -0.05) is 6.58 Å². The van der Waals surface area contributed by atoms with Gasteiger partial charge in [0.1, 0.15) is 12.2 Å². The van der Waals surface area contributed by atoms with Crippen LogP contribution in [0.1, 0.15) is 12.8 Å². The molecule has 0 amide bonds. The Hall–Kier alpha value is -1.85. The van der Waals surface area contributed by atoms with Gasteiger partial charge < -0.3 is 14.2 Å². The molecule has 2 bridgehead atoms. The zero-order valence-corrected chi connectivity index (χ0v) is 11.1. The summed E-state index contributed by atoms with van der Waals surface area (Å²) in [5.74, 6) is -1.76. The molecule has 6 atom stereocenters. The van der Waals surface area contributed by atoms with E-state index in [2.05, 4.69) is 6.58 Å². The molecule has 20 heavy (non-hydrogen) atoms. The van der Waals surface area contributed by atoms with E-state index in [4.69, 9.17) is 14.2 Å². The molecule has 0 aromatic carbocycles. The van der Waals surface area contributed by atoms with Crippen molar-refractivity contribution in [1.82, 2.24) is 0 Å². The fraction of sp³-hybridized carbons (Fsp3) is 0.643. The average Bonchev–Trinajstić information content (AvgIpc) is 2.96. The topological polar surface area (TPSA) is 78.9 Å². The van der Waals surface area contributed by atoms with Gasteiger partial charge in [-0.3, -0.25) is 9.59 Å². The second-order valence-electron chi connectivity index (χ2n) is 5.54. The fourth-order valence-electron chi connectivity index (χ4n) is 4.07. The SMILES string of the molecule is C=CC(=O)OC1C2CC3C(CC(=O)OC31)C2C(=O)OC. The number of carbonyl (C=O) groups is 3. The Balaban J connectivity index is 1.89. The van der Waals surface area contributed by atoms with Crippen molar-refractivity contribution in [2.45, 2.75) is 25.0 Å². The molecule has 6 unspecified atom stereocenters. The molecule has 1 saturated heterocycles. The maximum absolute atomic E-state index is 12.0. The van der Waals surface area contributed by atoms with Gasteiger partial charge in [0, 0.05) is 24.3 Å². The Bertz CT molecular complexity index is 484. The van der Waals surface area contributed by atoms with Gasteiger partial charge in [-0.2, -0.15) is 0 Å². The monoisotopic (exact) mass is 280 g/mol. The second kappa shape index (κ2) is 4.61. The highest BCUT2D eigenvalue weighted by atomic mass is 16.6. The lowest BCUT2D eigenvalue weighted by molar-refractivity contribution is -0.191. The number of esters is 3. The predicted molar refractivity (Wildman–Crippen MR) is 65.2 cm³/mol. The molecule has 3 fully saturated rings. The van der Waals surface area contributed by atoms with Crippen molar-refractivity contribution in [3.8, 4) is 0 Å². The summed E-state index contributed by atoms with van der Waals surface area (Å²) >= 11 is 0. The van der Waals surface area contributed by atoms with Crippen LogP contribution in [0.3, 0.4) is 0 Å². The molecular formula is C14H16O6. The molecule has 0 spiro atoms. The van der Waals surface area contributed by atoms with E-state index in [0.717, 1.165) is 12.5 Å². The van der Waals surface area contributed by atoms with E-state index >= 15 is 0 Å². The van der Waals surface area contributed by atoms with Crippen LogP contribution in [-0.4, -0.2) is 37.2 Å². The summed E-state index contributed by atoms with van der Waals surface area (Å²) in [7, 11) is 1.33. The zero-order chi connectivity index (χ0) is 14.4. The molecule has 2 aliphatic carbocycles. The molecule has 3 aliphatic rings. The standard InChI is InChI=1S/C14H16O6/c1-3-9(15)19-13-8-4-7-6(11(8)14(17)18-2)5-10(16)20-12(7)13/h3,6-8,11-13H,1,4-5H2,2H3. The Morgan fingerprint density at radius 1 is 1.35 bits per heavy atom. The third-order valence-corrected chi connectivity index (χ3v) is 4.75. The lowest BCUT2D eigenvalue weighted by Gasteiger charge is -2.41. The summed E-state index contributed by atoms with van der Waals surface area (Å²) in [4.78, 5) is 35.1. The highest BCUT2D eigenvalue weighted by molar-refractivity contribution is 5.82. The fourth-order valence-corrected chi connectivity index (χ4v) is 4.07. The first kappa shape index (κ1) is 13.1. The van der Waals surface area contributed by atoms with Crippen molar-refractivity contribution in [1.29, 1.82) is 0 Å². The third-order valence-electron chi connectivity index (χ3n) is 4.75. The summed E-state index contributed by atoms with van der Waals surface area (Å²) in [5, 5.41) is 0. The van der Waals surface area contributed by atoms with Crippen molar-refractivity contribution < 1.29 is 28.6 Å². The zero-order valence-electron chi connectivity index (χ0n) is 11.1. The Morgan fingerprint density at radius 3 is 2.75 bits per heavy atom. The van der Waals surface area contributed by atoms with E-state index in [-0.39, 0.29) is 36.1 Å². The first-order valence-electron chi connectivity index (χ1n) is 6.67. The van der Waals surface area contributed by atoms with E-state index in [1.54, 1.807) is 0 Å². The number of methoxy groups -OCH3 is 1. The van der Waals surface area contributed by atoms with E-state index < -0.39 is 24.1 Å². The van der Waals surface area contributed by atoms with Gasteiger partial charge >= 0.3 is 17.9 Å². The molecule has 1 heterocycles. The highest BCUT2D eigenvalue weighted by Crippen LogP contribution is 2.58. The van der Waals surface area contributed by atoms with E-state index in [9.17, 15) is 14.4 Å². The van der Waals surface area contributed by atoms with Gasteiger partial charge in [-0.15, -0.1) is 0 Å². The number of hydrogen-bond acceptors (Lipinski definition) is 6. The number of carbonyl (C=O) groups excluding carboxylic acids is 3. The van der Waals surface area contributed by atoms with Gasteiger partial charge in [0.15, 0.2) is 0 Å². The normalized spacial score (nSPS) is 41.0. The first-order valence-corrected chi connectivity index (χ1v) is 6.67. The largest absolute Gasteiger partial charge is 0.469 e. The lowest BCUT2D eigenvalue weighted by atomic mass is 9.73. The summed E-state index contributed by atoms with van der Waals surface area (Å²) in [6.07, 6.45) is 1.02. The molecule has 3 rings (SSSR count). The van der Waals surface area contributed by atoms with Gasteiger partial charge in [0.25, 0.3) is 0 Å². The molecular weight excluding hydrogens is 264 g/mol. The van der Waals surface area contributed by atoms with Gasteiger partial charge in [-0.25, -0.2) is 4.79 Å². The third kappa shape index (κ3) is 1.74. The van der Waals surface area contributed by atoms with Crippen molar-refractivity contribution in [2.24, 2.45) is 23.7 Å². The number of hydrogen-bond donors (Lipinski definition) is 0. The van der Waals surface area contributed by atoms with Crippen LogP contribution >= 0.6 is 0 Å². The van der Waals surface area contributed by atoms with Gasteiger partial charge in [0.05, 0.1) is 13.0 Å². The van der Waals surface area contributed by atoms with E-state index in [1.807, 2.05) is 0 Å². The van der Waals surface area contributed by atoms with E-state index in [0.29, 0.717) is 0 Å². The molecule has 108 valence electrons. The lowest BCUT2D eigenvalue weighted by Crippen LogP contribution is -2.52. The summed E-state index contributed by atoms with van der Waals surface area (Å²) in [6, 6.07) is 0. The van der Waals surface area contributed by atoms with Crippen LogP contribution in [0.2, 0.25) is 0 Å². The van der Waals surface area contributed by atoms with Crippen LogP contribution < -0.4 is 0 Å². The molecule has 0 radical (unpaired) electrons. The second-order valence-corrected chi connectivity index (χ2v) is 5.54. The Morgan fingerprint density at radius 2 is 2.10 bits per heavy atom. The summed E-state index contributed by atoms with van der Waals surface area (Å²) in [6.45, 7) is 3.36. The predicted octanol–water partition coefficient (Wildman–Crippen LogP) is 0.455. The Labute approximate surface area is 116 Å². The van der Waals surface area contributed by atoms with Crippen LogP contribution in [0.5, 0.6) is 0 Å². The van der Waals surface area contributed by atoms with Crippen LogP contribution in [-0.2, 0) is 28.6 Å². The van der Waals surface area contributed by atoms with Crippen LogP contribution in [0, 0.1) is 23.7 Å².